The van der Waals surface area contributed by atoms with Gasteiger partial charge in [0.2, 0.25) is 0 Å². The number of aromatic hydroxyl groups is 1. The van der Waals surface area contributed by atoms with Gasteiger partial charge in [-0.1, -0.05) is 5.16 Å². The van der Waals surface area contributed by atoms with Gasteiger partial charge in [0.15, 0.2) is 0 Å². The number of aromatic nitrogens is 1. The summed E-state index contributed by atoms with van der Waals surface area (Å²) in [5.41, 5.74) is 0.177. The molecule has 1 saturated heterocycles. The second kappa shape index (κ2) is 3.24. The smallest absolute Gasteiger partial charge is 0.480 e. The minimum atomic E-state index is -0.628. The number of hydrogen-bond donors (Lipinski definition) is 1. The molecule has 6 heteroatoms. The zero-order valence-electron chi connectivity index (χ0n) is 10.2. The number of hydrogen-bond acceptors (Lipinski definition) is 5. The molecule has 0 atom stereocenters. The van der Waals surface area contributed by atoms with Gasteiger partial charge in [0.1, 0.15) is 0 Å². The van der Waals surface area contributed by atoms with Crippen molar-refractivity contribution in [2.24, 2.45) is 0 Å². The van der Waals surface area contributed by atoms with Crippen LogP contribution in [0.2, 0.25) is 0 Å². The molecular formula is C10H16BNO4. The number of rotatable bonds is 1. The van der Waals surface area contributed by atoms with E-state index in [9.17, 15) is 5.11 Å². The van der Waals surface area contributed by atoms with E-state index in [1.54, 1.807) is 6.92 Å². The quantitative estimate of drug-likeness (QED) is 0.722. The van der Waals surface area contributed by atoms with Crippen molar-refractivity contribution in [2.45, 2.75) is 45.8 Å². The fraction of sp³-hybridized carbons (Fsp3) is 0.700. The second-order valence-corrected chi connectivity index (χ2v) is 5.08. The maximum Gasteiger partial charge on any atom is 0.504 e. The minimum absolute atomic E-state index is 0.240. The SMILES string of the molecule is Cc1noc(O)c1B1OC(C)(C)C(C)(C)O1. The Balaban J connectivity index is 2.34. The van der Waals surface area contributed by atoms with E-state index in [1.165, 1.54) is 0 Å². The van der Waals surface area contributed by atoms with Gasteiger partial charge in [0.25, 0.3) is 0 Å². The predicted octanol–water partition coefficient (Wildman–Crippen LogP) is 0.988. The van der Waals surface area contributed by atoms with Gasteiger partial charge in [0, 0.05) is 0 Å². The molecule has 5 nitrogen and oxygen atoms in total. The molecule has 1 fully saturated rings. The van der Waals surface area contributed by atoms with Crippen molar-refractivity contribution in [1.82, 2.24) is 5.16 Å². The van der Waals surface area contributed by atoms with Crippen LogP contribution in [0.5, 0.6) is 5.95 Å². The molecule has 0 aliphatic carbocycles. The van der Waals surface area contributed by atoms with Crippen LogP contribution >= 0.6 is 0 Å². The molecule has 16 heavy (non-hydrogen) atoms. The summed E-state index contributed by atoms with van der Waals surface area (Å²) in [6, 6.07) is 0. The van der Waals surface area contributed by atoms with E-state index in [4.69, 9.17) is 9.31 Å². The van der Waals surface area contributed by atoms with Gasteiger partial charge in [-0.15, -0.1) is 0 Å². The van der Waals surface area contributed by atoms with Gasteiger partial charge < -0.3 is 18.9 Å². The molecule has 1 aliphatic rings. The highest BCUT2D eigenvalue weighted by Gasteiger charge is 2.53. The summed E-state index contributed by atoms with van der Waals surface area (Å²) in [7, 11) is -0.628. The summed E-state index contributed by atoms with van der Waals surface area (Å²) in [6.45, 7) is 9.54. The number of aryl methyl sites for hydroxylation is 1. The van der Waals surface area contributed by atoms with Gasteiger partial charge in [-0.25, -0.2) is 0 Å². The molecular weight excluding hydrogens is 209 g/mol. The number of nitrogens with zero attached hydrogens (tertiary/aromatic N) is 1. The monoisotopic (exact) mass is 225 g/mol. The van der Waals surface area contributed by atoms with E-state index in [2.05, 4.69) is 9.68 Å². The van der Waals surface area contributed by atoms with E-state index in [0.29, 0.717) is 11.2 Å². The lowest BCUT2D eigenvalue weighted by molar-refractivity contribution is 0.00578. The molecule has 2 rings (SSSR count). The molecule has 0 radical (unpaired) electrons. The normalized spacial score (nSPS) is 22.7. The van der Waals surface area contributed by atoms with Gasteiger partial charge in [-0.3, -0.25) is 0 Å². The van der Waals surface area contributed by atoms with Crippen molar-refractivity contribution in [3.63, 3.8) is 0 Å². The van der Waals surface area contributed by atoms with Gasteiger partial charge >= 0.3 is 13.1 Å². The third-order valence-electron chi connectivity index (χ3n) is 3.38. The molecule has 0 amide bonds. The first kappa shape index (κ1) is 11.5. The fourth-order valence-electron chi connectivity index (χ4n) is 1.60. The molecule has 2 heterocycles. The lowest BCUT2D eigenvalue weighted by Crippen LogP contribution is -2.41. The van der Waals surface area contributed by atoms with Crippen LogP contribution in [0.1, 0.15) is 33.4 Å². The third-order valence-corrected chi connectivity index (χ3v) is 3.38. The molecule has 0 saturated carbocycles. The Morgan fingerprint density at radius 3 is 2.00 bits per heavy atom. The van der Waals surface area contributed by atoms with E-state index in [1.807, 2.05) is 27.7 Å². The first-order valence-corrected chi connectivity index (χ1v) is 5.25. The topological polar surface area (TPSA) is 64.7 Å². The van der Waals surface area contributed by atoms with Crippen LogP contribution in [-0.2, 0) is 9.31 Å². The van der Waals surface area contributed by atoms with Crippen molar-refractivity contribution in [2.75, 3.05) is 0 Å². The van der Waals surface area contributed by atoms with E-state index in [0.717, 1.165) is 0 Å². The van der Waals surface area contributed by atoms with Crippen molar-refractivity contribution in [3.8, 4) is 5.95 Å². The maximum atomic E-state index is 9.54. The highest BCUT2D eigenvalue weighted by Crippen LogP contribution is 2.37. The summed E-state index contributed by atoms with van der Waals surface area (Å²) in [6.07, 6.45) is 0. The Hall–Kier alpha value is -1.01. The highest BCUT2D eigenvalue weighted by molar-refractivity contribution is 6.63. The van der Waals surface area contributed by atoms with Crippen LogP contribution in [-0.4, -0.2) is 28.6 Å². The maximum absolute atomic E-state index is 9.54. The Morgan fingerprint density at radius 1 is 1.12 bits per heavy atom. The lowest BCUT2D eigenvalue weighted by Gasteiger charge is -2.32. The van der Waals surface area contributed by atoms with Crippen LogP contribution in [0.3, 0.4) is 0 Å². The summed E-state index contributed by atoms with van der Waals surface area (Å²) >= 11 is 0. The van der Waals surface area contributed by atoms with Gasteiger partial charge in [-0.2, -0.15) is 0 Å². The summed E-state index contributed by atoms with van der Waals surface area (Å²) in [4.78, 5) is 0. The summed E-state index contributed by atoms with van der Waals surface area (Å²) < 4.78 is 16.3. The molecule has 88 valence electrons. The predicted molar refractivity (Wildman–Crippen MR) is 58.6 cm³/mol. The molecule has 1 aromatic heterocycles. The molecule has 0 aromatic carbocycles. The van der Waals surface area contributed by atoms with Crippen LogP contribution in [0.25, 0.3) is 0 Å². The van der Waals surface area contributed by atoms with Crippen molar-refractivity contribution in [1.29, 1.82) is 0 Å². The highest BCUT2D eigenvalue weighted by atomic mass is 16.7. The van der Waals surface area contributed by atoms with Gasteiger partial charge in [0.05, 0.1) is 22.4 Å². The van der Waals surface area contributed by atoms with Crippen molar-refractivity contribution < 1.29 is 18.9 Å². The van der Waals surface area contributed by atoms with E-state index >= 15 is 0 Å². The molecule has 1 aliphatic heterocycles. The summed E-state index contributed by atoms with van der Waals surface area (Å²) in [5.74, 6) is -0.240. The minimum Gasteiger partial charge on any atom is -0.480 e. The molecule has 0 unspecified atom stereocenters. The average molecular weight is 225 g/mol. The standard InChI is InChI=1S/C10H16BNO4/c1-6-7(8(13)14-12-6)11-15-9(2,3)10(4,5)16-11/h13H,1-5H3. The average Bonchev–Trinajstić information content (AvgIpc) is 2.52. The summed E-state index contributed by atoms with van der Waals surface area (Å²) in [5, 5.41) is 13.2. The van der Waals surface area contributed by atoms with Crippen LogP contribution < -0.4 is 5.46 Å². The van der Waals surface area contributed by atoms with Crippen molar-refractivity contribution in [3.05, 3.63) is 5.69 Å². The Kier molecular flexibility index (Phi) is 2.33. The molecule has 0 bridgehead atoms. The second-order valence-electron chi connectivity index (χ2n) is 5.08. The van der Waals surface area contributed by atoms with Gasteiger partial charge in [-0.05, 0) is 34.6 Å². The Labute approximate surface area is 94.9 Å². The lowest BCUT2D eigenvalue weighted by atomic mass is 9.79. The molecule has 1 aromatic rings. The van der Waals surface area contributed by atoms with E-state index < -0.39 is 18.3 Å². The largest absolute Gasteiger partial charge is 0.504 e. The van der Waals surface area contributed by atoms with Crippen LogP contribution in [0.4, 0.5) is 0 Å². The molecule has 0 spiro atoms. The van der Waals surface area contributed by atoms with Crippen LogP contribution in [0.15, 0.2) is 4.52 Å². The third kappa shape index (κ3) is 1.53. The first-order valence-electron chi connectivity index (χ1n) is 5.25. The zero-order chi connectivity index (χ0) is 12.1. The van der Waals surface area contributed by atoms with Crippen molar-refractivity contribution >= 4 is 12.6 Å². The zero-order valence-corrected chi connectivity index (χ0v) is 10.2. The van der Waals surface area contributed by atoms with Crippen LogP contribution in [0, 0.1) is 6.92 Å². The van der Waals surface area contributed by atoms with E-state index in [-0.39, 0.29) is 5.95 Å². The Bertz CT molecular complexity index is 377. The Morgan fingerprint density at radius 2 is 1.62 bits per heavy atom. The fourth-order valence-corrected chi connectivity index (χ4v) is 1.60. The molecule has 1 N–H and O–H groups in total. The first-order chi connectivity index (χ1) is 7.24.